The van der Waals surface area contributed by atoms with Crippen LogP contribution in [0.1, 0.15) is 28.9 Å². The molecule has 1 heterocycles. The molecule has 0 fully saturated rings. The maximum absolute atomic E-state index is 13.0. The van der Waals surface area contributed by atoms with Crippen LogP contribution in [0.15, 0.2) is 67.3 Å². The molecule has 0 aliphatic carbocycles. The molecule has 0 saturated heterocycles. The van der Waals surface area contributed by atoms with E-state index in [2.05, 4.69) is 11.9 Å². The van der Waals surface area contributed by atoms with Gasteiger partial charge in [-0.2, -0.15) is 10.1 Å². The van der Waals surface area contributed by atoms with Gasteiger partial charge < -0.3 is 0 Å². The molecule has 1 aliphatic rings. The van der Waals surface area contributed by atoms with E-state index in [4.69, 9.17) is 4.84 Å². The summed E-state index contributed by atoms with van der Waals surface area (Å²) in [5, 5.41) is 5.77. The third-order valence-electron chi connectivity index (χ3n) is 4.51. The lowest BCUT2D eigenvalue weighted by atomic mass is 10.1. The molecule has 29 heavy (non-hydrogen) atoms. The predicted molar refractivity (Wildman–Crippen MR) is 108 cm³/mol. The molecule has 0 bridgehead atoms. The molecular formula is C21H22N4O4. The zero-order valence-electron chi connectivity index (χ0n) is 16.2. The number of urea groups is 2. The summed E-state index contributed by atoms with van der Waals surface area (Å²) in [5.74, 6) is -0.564. The van der Waals surface area contributed by atoms with E-state index in [0.29, 0.717) is 16.8 Å². The second-order valence-electron chi connectivity index (χ2n) is 6.39. The normalized spacial score (nSPS) is 16.1. The zero-order valence-corrected chi connectivity index (χ0v) is 16.2. The molecule has 1 unspecified atom stereocenters. The van der Waals surface area contributed by atoms with Gasteiger partial charge >= 0.3 is 12.1 Å². The van der Waals surface area contributed by atoms with Crippen LogP contribution in [0.4, 0.5) is 15.3 Å². The van der Waals surface area contributed by atoms with Crippen molar-refractivity contribution in [2.45, 2.75) is 13.0 Å². The van der Waals surface area contributed by atoms with Gasteiger partial charge in [-0.15, -0.1) is 6.58 Å². The SMILES string of the molecule is C=CCON1C(=O)N(C)N(C(=O)NC(=O)c2ccccc2)c2ccccc2C1C. The number of fused-ring (bicyclic) bond motifs is 1. The first-order chi connectivity index (χ1) is 14.0. The van der Waals surface area contributed by atoms with Crippen molar-refractivity contribution in [2.24, 2.45) is 0 Å². The fourth-order valence-corrected chi connectivity index (χ4v) is 3.07. The lowest BCUT2D eigenvalue weighted by Gasteiger charge is -2.32. The quantitative estimate of drug-likeness (QED) is 0.805. The zero-order chi connectivity index (χ0) is 21.0. The van der Waals surface area contributed by atoms with Crippen LogP contribution in [-0.2, 0) is 4.84 Å². The van der Waals surface area contributed by atoms with E-state index in [1.54, 1.807) is 55.5 Å². The maximum atomic E-state index is 13.0. The summed E-state index contributed by atoms with van der Waals surface area (Å²) < 4.78 is 0. The Balaban J connectivity index is 1.96. The predicted octanol–water partition coefficient (Wildman–Crippen LogP) is 3.50. The van der Waals surface area contributed by atoms with E-state index in [0.717, 1.165) is 10.0 Å². The Morgan fingerprint density at radius 1 is 1.14 bits per heavy atom. The average Bonchev–Trinajstić information content (AvgIpc) is 2.81. The minimum absolute atomic E-state index is 0.130. The lowest BCUT2D eigenvalue weighted by Crippen LogP contribution is -2.55. The van der Waals surface area contributed by atoms with Crippen molar-refractivity contribution in [1.82, 2.24) is 15.4 Å². The molecule has 1 N–H and O–H groups in total. The van der Waals surface area contributed by atoms with Crippen LogP contribution >= 0.6 is 0 Å². The molecule has 0 radical (unpaired) electrons. The van der Waals surface area contributed by atoms with Gasteiger partial charge in [0.2, 0.25) is 0 Å². The number of hydrogen-bond acceptors (Lipinski definition) is 4. The molecule has 2 aromatic rings. The van der Waals surface area contributed by atoms with Gasteiger partial charge in [0.1, 0.15) is 0 Å². The minimum atomic E-state index is -0.750. The summed E-state index contributed by atoms with van der Waals surface area (Å²) in [6.45, 7) is 5.52. The van der Waals surface area contributed by atoms with Gasteiger partial charge in [0.25, 0.3) is 5.91 Å². The molecule has 0 spiro atoms. The number of carbonyl (C=O) groups is 3. The summed E-state index contributed by atoms with van der Waals surface area (Å²) in [5.41, 5.74) is 1.50. The number of nitrogens with zero attached hydrogens (tertiary/aromatic N) is 3. The molecule has 3 rings (SSSR count). The number of benzene rings is 2. The number of carbonyl (C=O) groups excluding carboxylic acids is 3. The number of hydroxylamine groups is 2. The van der Waals surface area contributed by atoms with E-state index < -0.39 is 24.0 Å². The highest BCUT2D eigenvalue weighted by atomic mass is 16.7. The van der Waals surface area contributed by atoms with Crippen LogP contribution in [-0.4, -0.2) is 41.7 Å². The van der Waals surface area contributed by atoms with Crippen molar-refractivity contribution in [1.29, 1.82) is 0 Å². The Morgan fingerprint density at radius 3 is 2.48 bits per heavy atom. The number of amides is 5. The van der Waals surface area contributed by atoms with Crippen molar-refractivity contribution >= 4 is 23.7 Å². The standard InChI is InChI=1S/C21H22N4O4/c1-4-14-29-25-15(2)17-12-8-9-13-18(17)24(23(3)21(25)28)20(27)22-19(26)16-10-6-5-7-11-16/h4-13,15H,1,14H2,2-3H3,(H,22,26,27). The molecule has 8 heteroatoms. The van der Waals surface area contributed by atoms with Crippen molar-refractivity contribution in [3.05, 3.63) is 78.4 Å². The molecule has 5 amide bonds. The maximum Gasteiger partial charge on any atom is 0.363 e. The van der Waals surface area contributed by atoms with Gasteiger partial charge in [0.15, 0.2) is 0 Å². The summed E-state index contributed by atoms with van der Waals surface area (Å²) in [4.78, 5) is 44.0. The Kier molecular flexibility index (Phi) is 5.94. The molecule has 8 nitrogen and oxygen atoms in total. The van der Waals surface area contributed by atoms with Gasteiger partial charge in [-0.05, 0) is 25.1 Å². The fourth-order valence-electron chi connectivity index (χ4n) is 3.07. The van der Waals surface area contributed by atoms with Crippen LogP contribution < -0.4 is 10.3 Å². The smallest absolute Gasteiger partial charge is 0.272 e. The van der Waals surface area contributed by atoms with Crippen molar-refractivity contribution in [3.63, 3.8) is 0 Å². The summed E-state index contributed by atoms with van der Waals surface area (Å²) in [6, 6.07) is 13.7. The van der Waals surface area contributed by atoms with Gasteiger partial charge in [-0.3, -0.25) is 14.9 Å². The Bertz CT molecular complexity index is 931. The van der Waals surface area contributed by atoms with Crippen LogP contribution in [0.5, 0.6) is 0 Å². The third kappa shape index (κ3) is 3.97. The first-order valence-corrected chi connectivity index (χ1v) is 9.05. The van der Waals surface area contributed by atoms with Crippen LogP contribution in [0, 0.1) is 0 Å². The highest BCUT2D eigenvalue weighted by molar-refractivity contribution is 6.09. The fraction of sp³-hybridized carbons (Fsp3) is 0.190. The Morgan fingerprint density at radius 2 is 1.79 bits per heavy atom. The minimum Gasteiger partial charge on any atom is -0.272 e. The number of hydrogen-bond donors (Lipinski definition) is 1. The van der Waals surface area contributed by atoms with Crippen molar-refractivity contribution < 1.29 is 19.2 Å². The van der Waals surface area contributed by atoms with E-state index in [1.165, 1.54) is 18.2 Å². The molecule has 0 aromatic heterocycles. The topological polar surface area (TPSA) is 82.2 Å². The second-order valence-corrected chi connectivity index (χ2v) is 6.39. The molecule has 2 aromatic carbocycles. The van der Waals surface area contributed by atoms with E-state index in [9.17, 15) is 14.4 Å². The molecule has 1 atom stereocenters. The second kappa shape index (κ2) is 8.57. The van der Waals surface area contributed by atoms with E-state index in [-0.39, 0.29) is 6.61 Å². The molecule has 1 aliphatic heterocycles. The molecule has 0 saturated carbocycles. The first-order valence-electron chi connectivity index (χ1n) is 9.05. The Labute approximate surface area is 168 Å². The summed E-state index contributed by atoms with van der Waals surface area (Å²) in [7, 11) is 1.44. The van der Waals surface area contributed by atoms with Crippen molar-refractivity contribution in [3.8, 4) is 0 Å². The highest BCUT2D eigenvalue weighted by Gasteiger charge is 2.38. The largest absolute Gasteiger partial charge is 0.363 e. The van der Waals surface area contributed by atoms with E-state index >= 15 is 0 Å². The van der Waals surface area contributed by atoms with E-state index in [1.807, 2.05) is 6.07 Å². The van der Waals surface area contributed by atoms with Gasteiger partial charge in [-0.1, -0.05) is 42.5 Å². The average molecular weight is 394 g/mol. The number of nitrogens with one attached hydrogen (secondary N) is 1. The number of imide groups is 1. The van der Waals surface area contributed by atoms with Crippen LogP contribution in [0.2, 0.25) is 0 Å². The van der Waals surface area contributed by atoms with Crippen molar-refractivity contribution in [2.75, 3.05) is 18.7 Å². The third-order valence-corrected chi connectivity index (χ3v) is 4.51. The number of hydrazine groups is 1. The molecule has 150 valence electrons. The summed E-state index contributed by atoms with van der Waals surface area (Å²) in [6.07, 6.45) is 1.53. The van der Waals surface area contributed by atoms with Gasteiger partial charge in [0.05, 0.1) is 18.3 Å². The number of anilines is 1. The monoisotopic (exact) mass is 394 g/mol. The number of para-hydroxylation sites is 1. The lowest BCUT2D eigenvalue weighted by molar-refractivity contribution is -0.136. The summed E-state index contributed by atoms with van der Waals surface area (Å²) >= 11 is 0. The molecular weight excluding hydrogens is 372 g/mol. The number of rotatable bonds is 4. The highest BCUT2D eigenvalue weighted by Crippen LogP contribution is 2.35. The van der Waals surface area contributed by atoms with Gasteiger partial charge in [-0.25, -0.2) is 14.6 Å². The first kappa shape index (κ1) is 20.1. The van der Waals surface area contributed by atoms with Gasteiger partial charge in [0, 0.05) is 18.2 Å². The van der Waals surface area contributed by atoms with Crippen LogP contribution in [0.25, 0.3) is 0 Å². The van der Waals surface area contributed by atoms with Crippen LogP contribution in [0.3, 0.4) is 0 Å². The Hall–Kier alpha value is -3.65.